The molecule has 2 aromatic carbocycles. The van der Waals surface area contributed by atoms with Gasteiger partial charge in [0, 0.05) is 42.3 Å². The van der Waals surface area contributed by atoms with Crippen molar-refractivity contribution in [3.63, 3.8) is 0 Å². The van der Waals surface area contributed by atoms with E-state index in [1.54, 1.807) is 0 Å². The standard InChI is InChI=1S/C10H8.C9H18N6/c1-2-6-10-8-4-3-7-9(10)5-1;1-13(2)7-10-8(14(3)4)12-9(11-7)15(5)6/h1-8H;1-6H3. The quantitative estimate of drug-likeness (QED) is 0.732. The molecule has 1 aromatic heterocycles. The highest BCUT2D eigenvalue weighted by Crippen LogP contribution is 2.14. The van der Waals surface area contributed by atoms with Gasteiger partial charge in [-0.2, -0.15) is 15.0 Å². The molecule has 0 aliphatic carbocycles. The molecule has 0 saturated heterocycles. The molecule has 0 aliphatic heterocycles. The van der Waals surface area contributed by atoms with Gasteiger partial charge >= 0.3 is 0 Å². The van der Waals surface area contributed by atoms with Gasteiger partial charge in [0.1, 0.15) is 0 Å². The van der Waals surface area contributed by atoms with E-state index >= 15 is 0 Å². The van der Waals surface area contributed by atoms with E-state index in [4.69, 9.17) is 0 Å². The Hall–Kier alpha value is -2.89. The Morgan fingerprint density at radius 2 is 0.720 bits per heavy atom. The molecule has 25 heavy (non-hydrogen) atoms. The summed E-state index contributed by atoms with van der Waals surface area (Å²) < 4.78 is 0. The zero-order valence-corrected chi connectivity index (χ0v) is 15.8. The van der Waals surface area contributed by atoms with Gasteiger partial charge in [-0.15, -0.1) is 0 Å². The normalized spacial score (nSPS) is 10.0. The van der Waals surface area contributed by atoms with E-state index < -0.39 is 0 Å². The third-order valence-electron chi connectivity index (χ3n) is 3.46. The maximum atomic E-state index is 4.32. The number of aromatic nitrogens is 3. The third-order valence-corrected chi connectivity index (χ3v) is 3.46. The molecular formula is C19H26N6. The predicted molar refractivity (Wildman–Crippen MR) is 107 cm³/mol. The molecule has 6 heteroatoms. The Balaban J connectivity index is 0.000000194. The molecule has 0 atom stereocenters. The summed E-state index contributed by atoms with van der Waals surface area (Å²) in [6, 6.07) is 16.7. The van der Waals surface area contributed by atoms with Crippen molar-refractivity contribution in [2.45, 2.75) is 0 Å². The van der Waals surface area contributed by atoms with Crippen molar-refractivity contribution in [2.24, 2.45) is 0 Å². The van der Waals surface area contributed by atoms with Crippen molar-refractivity contribution in [2.75, 3.05) is 57.0 Å². The van der Waals surface area contributed by atoms with Crippen LogP contribution < -0.4 is 14.7 Å². The van der Waals surface area contributed by atoms with Crippen LogP contribution in [0.15, 0.2) is 48.5 Å². The van der Waals surface area contributed by atoms with Crippen molar-refractivity contribution >= 4 is 28.6 Å². The summed E-state index contributed by atoms with van der Waals surface area (Å²) >= 11 is 0. The molecule has 0 unspecified atom stereocenters. The van der Waals surface area contributed by atoms with Gasteiger partial charge < -0.3 is 14.7 Å². The molecule has 1 heterocycles. The maximum absolute atomic E-state index is 4.32. The first-order chi connectivity index (χ1) is 11.9. The molecular weight excluding hydrogens is 312 g/mol. The highest BCUT2D eigenvalue weighted by atomic mass is 15.4. The Kier molecular flexibility index (Phi) is 6.11. The number of hydrogen-bond acceptors (Lipinski definition) is 6. The summed E-state index contributed by atoms with van der Waals surface area (Å²) in [5, 5.41) is 2.62. The van der Waals surface area contributed by atoms with E-state index in [1.165, 1.54) is 10.8 Å². The fourth-order valence-corrected chi connectivity index (χ4v) is 2.08. The van der Waals surface area contributed by atoms with Crippen LogP contribution in [0.2, 0.25) is 0 Å². The summed E-state index contributed by atoms with van der Waals surface area (Å²) in [7, 11) is 11.5. The lowest BCUT2D eigenvalue weighted by molar-refractivity contribution is 0.886. The minimum atomic E-state index is 0.664. The zero-order valence-electron chi connectivity index (χ0n) is 15.8. The highest BCUT2D eigenvalue weighted by molar-refractivity contribution is 5.82. The topological polar surface area (TPSA) is 48.4 Å². The van der Waals surface area contributed by atoms with E-state index in [1.807, 2.05) is 57.0 Å². The number of fused-ring (bicyclic) bond motifs is 1. The van der Waals surface area contributed by atoms with Crippen LogP contribution >= 0.6 is 0 Å². The molecule has 3 rings (SSSR count). The van der Waals surface area contributed by atoms with Gasteiger partial charge in [-0.3, -0.25) is 0 Å². The molecule has 0 spiro atoms. The first-order valence-corrected chi connectivity index (χ1v) is 8.10. The second-order valence-corrected chi connectivity index (χ2v) is 6.27. The molecule has 0 fully saturated rings. The smallest absolute Gasteiger partial charge is 0.231 e. The molecule has 0 aliphatic rings. The number of nitrogens with zero attached hydrogens (tertiary/aromatic N) is 6. The Labute approximate surface area is 149 Å². The average Bonchev–Trinajstić information content (AvgIpc) is 2.61. The van der Waals surface area contributed by atoms with E-state index in [-0.39, 0.29) is 0 Å². The van der Waals surface area contributed by atoms with Crippen molar-refractivity contribution in [1.29, 1.82) is 0 Å². The minimum absolute atomic E-state index is 0.664. The van der Waals surface area contributed by atoms with Crippen LogP contribution in [0.5, 0.6) is 0 Å². The summed E-state index contributed by atoms with van der Waals surface area (Å²) in [6.07, 6.45) is 0. The summed E-state index contributed by atoms with van der Waals surface area (Å²) in [5.74, 6) is 1.99. The van der Waals surface area contributed by atoms with Gasteiger partial charge in [-0.1, -0.05) is 48.5 Å². The average molecular weight is 338 g/mol. The second kappa shape index (κ2) is 8.28. The lowest BCUT2D eigenvalue weighted by Gasteiger charge is -2.18. The summed E-state index contributed by atoms with van der Waals surface area (Å²) in [4.78, 5) is 18.5. The number of rotatable bonds is 3. The monoisotopic (exact) mass is 338 g/mol. The van der Waals surface area contributed by atoms with E-state index in [0.29, 0.717) is 17.8 Å². The van der Waals surface area contributed by atoms with Crippen molar-refractivity contribution in [3.05, 3.63) is 48.5 Å². The zero-order chi connectivity index (χ0) is 18.4. The van der Waals surface area contributed by atoms with Crippen LogP contribution in [0.1, 0.15) is 0 Å². The second-order valence-electron chi connectivity index (χ2n) is 6.27. The number of benzene rings is 2. The minimum Gasteiger partial charge on any atom is -0.347 e. The van der Waals surface area contributed by atoms with Crippen LogP contribution in [-0.4, -0.2) is 57.2 Å². The first kappa shape index (κ1) is 18.4. The molecule has 0 N–H and O–H groups in total. The largest absolute Gasteiger partial charge is 0.347 e. The molecule has 3 aromatic rings. The van der Waals surface area contributed by atoms with Crippen molar-refractivity contribution in [3.8, 4) is 0 Å². The van der Waals surface area contributed by atoms with Gasteiger partial charge in [0.05, 0.1) is 0 Å². The molecule has 0 radical (unpaired) electrons. The van der Waals surface area contributed by atoms with Gasteiger partial charge in [0.25, 0.3) is 0 Å². The maximum Gasteiger partial charge on any atom is 0.231 e. The molecule has 132 valence electrons. The van der Waals surface area contributed by atoms with Gasteiger partial charge in [0.15, 0.2) is 0 Å². The third kappa shape index (κ3) is 5.04. The van der Waals surface area contributed by atoms with Crippen LogP contribution in [-0.2, 0) is 0 Å². The highest BCUT2D eigenvalue weighted by Gasteiger charge is 2.10. The van der Waals surface area contributed by atoms with Gasteiger partial charge in [-0.25, -0.2) is 0 Å². The molecule has 0 amide bonds. The fraction of sp³-hybridized carbons (Fsp3) is 0.316. The van der Waals surface area contributed by atoms with Crippen LogP contribution in [0.3, 0.4) is 0 Å². The molecule has 0 bridgehead atoms. The molecule has 6 nitrogen and oxygen atoms in total. The number of hydrogen-bond donors (Lipinski definition) is 0. The van der Waals surface area contributed by atoms with Crippen molar-refractivity contribution < 1.29 is 0 Å². The first-order valence-electron chi connectivity index (χ1n) is 8.10. The van der Waals surface area contributed by atoms with E-state index in [2.05, 4.69) is 63.5 Å². The Morgan fingerprint density at radius 1 is 0.480 bits per heavy atom. The Bertz CT molecular complexity index is 684. The van der Waals surface area contributed by atoms with Crippen LogP contribution in [0.25, 0.3) is 10.8 Å². The number of anilines is 3. The van der Waals surface area contributed by atoms with E-state index in [0.717, 1.165) is 0 Å². The lowest BCUT2D eigenvalue weighted by Crippen LogP contribution is -2.22. The Morgan fingerprint density at radius 3 is 0.920 bits per heavy atom. The lowest BCUT2D eigenvalue weighted by atomic mass is 10.1. The van der Waals surface area contributed by atoms with Gasteiger partial charge in [-0.05, 0) is 10.8 Å². The van der Waals surface area contributed by atoms with Crippen LogP contribution in [0.4, 0.5) is 17.8 Å². The fourth-order valence-electron chi connectivity index (χ4n) is 2.08. The van der Waals surface area contributed by atoms with Crippen LogP contribution in [0, 0.1) is 0 Å². The van der Waals surface area contributed by atoms with Gasteiger partial charge in [0.2, 0.25) is 17.8 Å². The summed E-state index contributed by atoms with van der Waals surface area (Å²) in [6.45, 7) is 0. The van der Waals surface area contributed by atoms with E-state index in [9.17, 15) is 0 Å². The predicted octanol–water partition coefficient (Wildman–Crippen LogP) is 2.91. The summed E-state index contributed by atoms with van der Waals surface area (Å²) in [5.41, 5.74) is 0. The SMILES string of the molecule is CN(C)c1nc(N(C)C)nc(N(C)C)n1.c1ccc2ccccc2c1. The van der Waals surface area contributed by atoms with Crippen molar-refractivity contribution in [1.82, 2.24) is 15.0 Å². The molecule has 0 saturated carbocycles.